The number of piperazine rings is 1. The van der Waals surface area contributed by atoms with E-state index in [-0.39, 0.29) is 12.0 Å². The van der Waals surface area contributed by atoms with Crippen molar-refractivity contribution in [1.82, 2.24) is 15.1 Å². The zero-order chi connectivity index (χ0) is 17.1. The highest BCUT2D eigenvalue weighted by molar-refractivity contribution is 9.10. The van der Waals surface area contributed by atoms with Crippen LogP contribution in [0.4, 0.5) is 0 Å². The third-order valence-electron chi connectivity index (χ3n) is 4.61. The van der Waals surface area contributed by atoms with Gasteiger partial charge in [0.05, 0.1) is 6.10 Å². The molecule has 1 atom stereocenters. The monoisotopic (exact) mass is 395 g/mol. The molecule has 2 heterocycles. The van der Waals surface area contributed by atoms with Gasteiger partial charge in [0.1, 0.15) is 5.75 Å². The fraction of sp³-hybridized carbons (Fsp3) is 0.611. The predicted molar refractivity (Wildman–Crippen MR) is 98.7 cm³/mol. The topological polar surface area (TPSA) is 44.8 Å². The molecule has 24 heavy (non-hydrogen) atoms. The maximum absolute atomic E-state index is 12.9. The molecule has 0 aliphatic carbocycles. The Balaban J connectivity index is 1.67. The lowest BCUT2D eigenvalue weighted by atomic mass is 10.2. The van der Waals surface area contributed by atoms with Crippen LogP contribution in [0.3, 0.4) is 0 Å². The van der Waals surface area contributed by atoms with Crippen LogP contribution in [0.25, 0.3) is 0 Å². The quantitative estimate of drug-likeness (QED) is 0.849. The highest BCUT2D eigenvalue weighted by atomic mass is 79.9. The number of hydrogen-bond donors (Lipinski definition) is 1. The molecule has 2 saturated heterocycles. The van der Waals surface area contributed by atoms with E-state index >= 15 is 0 Å². The number of hydrogen-bond acceptors (Lipinski definition) is 4. The van der Waals surface area contributed by atoms with Crippen LogP contribution in [-0.4, -0.2) is 67.1 Å². The molecule has 2 aliphatic heterocycles. The van der Waals surface area contributed by atoms with Crippen molar-refractivity contribution >= 4 is 21.8 Å². The van der Waals surface area contributed by atoms with E-state index in [4.69, 9.17) is 4.74 Å². The smallest absolute Gasteiger partial charge is 0.254 e. The standard InChI is InChI=1S/C18H26BrN3O2/c1-13(2)24-17-10-14(9-15(19)11-17)18(23)22-6-3-16(12-22)21-7-4-20-5-8-21/h9-11,13,16,20H,3-8,12H2,1-2H3. The first kappa shape index (κ1) is 17.7. The highest BCUT2D eigenvalue weighted by Gasteiger charge is 2.31. The van der Waals surface area contributed by atoms with Gasteiger partial charge in [-0.15, -0.1) is 0 Å². The predicted octanol–water partition coefficient (Wildman–Crippen LogP) is 2.36. The lowest BCUT2D eigenvalue weighted by Gasteiger charge is -2.32. The molecule has 2 aliphatic rings. The van der Waals surface area contributed by atoms with Gasteiger partial charge in [0.2, 0.25) is 0 Å². The SMILES string of the molecule is CC(C)Oc1cc(Br)cc(C(=O)N2CCC(N3CCNCC3)C2)c1. The van der Waals surface area contributed by atoms with Gasteiger partial charge in [0, 0.05) is 55.3 Å². The molecule has 1 amide bonds. The second kappa shape index (κ2) is 7.85. The fourth-order valence-electron chi connectivity index (χ4n) is 3.48. The molecular formula is C18H26BrN3O2. The number of halogens is 1. The number of nitrogens with one attached hydrogen (secondary N) is 1. The number of amides is 1. The number of nitrogens with zero attached hydrogens (tertiary/aromatic N) is 2. The average Bonchev–Trinajstić information content (AvgIpc) is 3.03. The Labute approximate surface area is 152 Å². The van der Waals surface area contributed by atoms with Crippen LogP contribution in [0, 0.1) is 0 Å². The molecule has 0 saturated carbocycles. The van der Waals surface area contributed by atoms with E-state index in [1.54, 1.807) is 0 Å². The molecule has 5 nitrogen and oxygen atoms in total. The minimum absolute atomic E-state index is 0.0890. The number of benzene rings is 1. The summed E-state index contributed by atoms with van der Waals surface area (Å²) in [5.74, 6) is 0.836. The molecule has 1 aromatic rings. The molecule has 0 spiro atoms. The summed E-state index contributed by atoms with van der Waals surface area (Å²) in [6.07, 6.45) is 1.15. The van der Waals surface area contributed by atoms with Crippen LogP contribution in [0.5, 0.6) is 5.75 Å². The number of ether oxygens (including phenoxy) is 1. The maximum Gasteiger partial charge on any atom is 0.254 e. The minimum Gasteiger partial charge on any atom is -0.491 e. The van der Waals surface area contributed by atoms with Gasteiger partial charge in [-0.2, -0.15) is 0 Å². The first-order valence-electron chi connectivity index (χ1n) is 8.74. The molecule has 3 rings (SSSR count). The van der Waals surface area contributed by atoms with Crippen LogP contribution in [0.2, 0.25) is 0 Å². The number of likely N-dealkylation sites (tertiary alicyclic amines) is 1. The van der Waals surface area contributed by atoms with Crippen molar-refractivity contribution in [2.75, 3.05) is 39.3 Å². The van der Waals surface area contributed by atoms with Crippen molar-refractivity contribution in [2.24, 2.45) is 0 Å². The Hall–Kier alpha value is -1.11. The molecule has 0 bridgehead atoms. The van der Waals surface area contributed by atoms with Crippen LogP contribution < -0.4 is 10.1 Å². The van der Waals surface area contributed by atoms with Gasteiger partial charge in [-0.25, -0.2) is 0 Å². The summed E-state index contributed by atoms with van der Waals surface area (Å²) in [6.45, 7) is 9.89. The lowest BCUT2D eigenvalue weighted by molar-refractivity contribution is 0.0772. The van der Waals surface area contributed by atoms with Gasteiger partial charge in [-0.05, 0) is 38.5 Å². The lowest BCUT2D eigenvalue weighted by Crippen LogP contribution is -2.49. The summed E-state index contributed by atoms with van der Waals surface area (Å²) in [4.78, 5) is 17.4. The molecule has 1 N–H and O–H groups in total. The number of rotatable bonds is 4. The van der Waals surface area contributed by atoms with E-state index < -0.39 is 0 Å². The van der Waals surface area contributed by atoms with E-state index in [1.165, 1.54) is 0 Å². The van der Waals surface area contributed by atoms with Gasteiger partial charge in [-0.3, -0.25) is 9.69 Å². The largest absolute Gasteiger partial charge is 0.491 e. The summed E-state index contributed by atoms with van der Waals surface area (Å²) in [5, 5.41) is 3.38. The Morgan fingerprint density at radius 1 is 1.25 bits per heavy atom. The molecule has 6 heteroatoms. The van der Waals surface area contributed by atoms with E-state index in [0.29, 0.717) is 11.6 Å². The zero-order valence-corrected chi connectivity index (χ0v) is 16.0. The molecule has 132 valence electrons. The Kier molecular flexibility index (Phi) is 5.79. The minimum atomic E-state index is 0.0890. The van der Waals surface area contributed by atoms with E-state index in [1.807, 2.05) is 36.9 Å². The first-order valence-corrected chi connectivity index (χ1v) is 9.53. The zero-order valence-electron chi connectivity index (χ0n) is 14.4. The maximum atomic E-state index is 12.9. The van der Waals surface area contributed by atoms with Gasteiger partial charge >= 0.3 is 0 Å². The molecule has 1 aromatic carbocycles. The first-order chi connectivity index (χ1) is 11.5. The average molecular weight is 396 g/mol. The highest BCUT2D eigenvalue weighted by Crippen LogP contribution is 2.25. The van der Waals surface area contributed by atoms with Crippen LogP contribution in [0.1, 0.15) is 30.6 Å². The van der Waals surface area contributed by atoms with Crippen LogP contribution >= 0.6 is 15.9 Å². The molecular weight excluding hydrogens is 370 g/mol. The summed E-state index contributed by atoms with van der Waals surface area (Å²) >= 11 is 3.49. The van der Waals surface area contributed by atoms with Gasteiger partial charge in [-0.1, -0.05) is 15.9 Å². The third-order valence-corrected chi connectivity index (χ3v) is 5.07. The summed E-state index contributed by atoms with van der Waals surface area (Å²) in [6, 6.07) is 6.14. The number of carbonyl (C=O) groups excluding carboxylic acids is 1. The van der Waals surface area contributed by atoms with Gasteiger partial charge in [0.15, 0.2) is 0 Å². The molecule has 2 fully saturated rings. The Morgan fingerprint density at radius 3 is 2.71 bits per heavy atom. The fourth-order valence-corrected chi connectivity index (χ4v) is 3.95. The normalized spacial score (nSPS) is 22.2. The van der Waals surface area contributed by atoms with Crippen molar-refractivity contribution in [2.45, 2.75) is 32.4 Å². The van der Waals surface area contributed by atoms with E-state index in [2.05, 4.69) is 26.1 Å². The van der Waals surface area contributed by atoms with Crippen molar-refractivity contribution in [3.8, 4) is 5.75 Å². The van der Waals surface area contributed by atoms with Crippen molar-refractivity contribution in [3.05, 3.63) is 28.2 Å². The summed E-state index contributed by atoms with van der Waals surface area (Å²) in [5.41, 5.74) is 0.695. The Morgan fingerprint density at radius 2 is 2.00 bits per heavy atom. The molecule has 0 radical (unpaired) electrons. The van der Waals surface area contributed by atoms with Gasteiger partial charge < -0.3 is 15.0 Å². The van der Waals surface area contributed by atoms with Crippen molar-refractivity contribution in [1.29, 1.82) is 0 Å². The van der Waals surface area contributed by atoms with Crippen molar-refractivity contribution < 1.29 is 9.53 Å². The van der Waals surface area contributed by atoms with E-state index in [0.717, 1.165) is 55.9 Å². The van der Waals surface area contributed by atoms with Gasteiger partial charge in [0.25, 0.3) is 5.91 Å². The second-order valence-electron chi connectivity index (χ2n) is 6.82. The number of carbonyl (C=O) groups is 1. The third kappa shape index (κ3) is 4.29. The molecule has 0 aromatic heterocycles. The van der Waals surface area contributed by atoms with Crippen LogP contribution in [-0.2, 0) is 0 Å². The second-order valence-corrected chi connectivity index (χ2v) is 7.74. The summed E-state index contributed by atoms with van der Waals surface area (Å²) in [7, 11) is 0. The molecule has 1 unspecified atom stereocenters. The summed E-state index contributed by atoms with van der Waals surface area (Å²) < 4.78 is 6.63. The van der Waals surface area contributed by atoms with Crippen LogP contribution in [0.15, 0.2) is 22.7 Å². The van der Waals surface area contributed by atoms with Crippen molar-refractivity contribution in [3.63, 3.8) is 0 Å². The van der Waals surface area contributed by atoms with E-state index in [9.17, 15) is 4.79 Å². The Bertz CT molecular complexity index is 588.